The number of carbonyl (C=O) groups excluding carboxylic acids is 1. The third-order valence-corrected chi connectivity index (χ3v) is 2.69. The van der Waals surface area contributed by atoms with E-state index in [9.17, 15) is 4.79 Å². The fourth-order valence-corrected chi connectivity index (χ4v) is 1.65. The first-order valence-electron chi connectivity index (χ1n) is 6.63. The molecule has 1 N–H and O–H groups in total. The van der Waals surface area contributed by atoms with Crippen LogP contribution < -0.4 is 14.8 Å². The van der Waals surface area contributed by atoms with Crippen molar-refractivity contribution in [2.75, 3.05) is 20.3 Å². The van der Waals surface area contributed by atoms with Gasteiger partial charge in [0.25, 0.3) is 5.91 Å². The molecule has 0 bridgehead atoms. The van der Waals surface area contributed by atoms with E-state index in [0.29, 0.717) is 17.3 Å². The quantitative estimate of drug-likeness (QED) is 0.852. The van der Waals surface area contributed by atoms with Gasteiger partial charge in [0.15, 0.2) is 17.2 Å². The van der Waals surface area contributed by atoms with Crippen molar-refractivity contribution < 1.29 is 18.8 Å². The number of rotatable bonds is 5. The molecule has 1 aromatic carbocycles. The molecule has 0 spiro atoms. The van der Waals surface area contributed by atoms with Crippen molar-refractivity contribution in [2.24, 2.45) is 0 Å². The molecule has 0 saturated carbocycles. The number of aromatic nitrogens is 1. The summed E-state index contributed by atoms with van der Waals surface area (Å²) in [6.45, 7) is 2.14. The first kappa shape index (κ1) is 15.4. The van der Waals surface area contributed by atoms with Crippen molar-refractivity contribution in [3.05, 3.63) is 41.8 Å². The molecule has 0 saturated heterocycles. The van der Waals surface area contributed by atoms with Crippen LogP contribution in [-0.4, -0.2) is 31.3 Å². The molecule has 0 aliphatic carbocycles. The molecule has 114 valence electrons. The van der Waals surface area contributed by atoms with Gasteiger partial charge < -0.3 is 19.3 Å². The van der Waals surface area contributed by atoms with Crippen LogP contribution in [0.25, 0.3) is 0 Å². The van der Waals surface area contributed by atoms with Gasteiger partial charge in [-0.25, -0.2) is 0 Å². The highest BCUT2D eigenvalue weighted by Gasteiger charge is 2.08. The standard InChI is InChI=1S/C16H16N2O4/c1-12-11-13(18-22-12)16(19)17-9-5-6-10-21-15-8-4-3-7-14(15)20-2/h3-4,7-8,11H,9-10H2,1-2H3,(H,17,19). The number of benzene rings is 1. The lowest BCUT2D eigenvalue weighted by Crippen LogP contribution is -2.23. The van der Waals surface area contributed by atoms with E-state index in [1.54, 1.807) is 26.2 Å². The van der Waals surface area contributed by atoms with Gasteiger partial charge in [-0.2, -0.15) is 0 Å². The number of ether oxygens (including phenoxy) is 2. The summed E-state index contributed by atoms with van der Waals surface area (Å²) in [6, 6.07) is 8.88. The van der Waals surface area contributed by atoms with Gasteiger partial charge in [-0.3, -0.25) is 4.79 Å². The Balaban J connectivity index is 1.74. The number of para-hydroxylation sites is 2. The Morgan fingerprint density at radius 3 is 2.77 bits per heavy atom. The van der Waals surface area contributed by atoms with Gasteiger partial charge in [-0.05, 0) is 19.1 Å². The molecule has 0 radical (unpaired) electrons. The predicted molar refractivity (Wildman–Crippen MR) is 79.8 cm³/mol. The Labute approximate surface area is 128 Å². The summed E-state index contributed by atoms with van der Waals surface area (Å²) in [5.41, 5.74) is 0.240. The van der Waals surface area contributed by atoms with Crippen LogP contribution in [-0.2, 0) is 0 Å². The number of hydrogen-bond donors (Lipinski definition) is 1. The second-order valence-electron chi connectivity index (χ2n) is 4.30. The SMILES string of the molecule is COc1ccccc1OCC#CCNC(=O)c1cc(C)on1. The van der Waals surface area contributed by atoms with Crippen LogP contribution in [0.3, 0.4) is 0 Å². The van der Waals surface area contributed by atoms with E-state index < -0.39 is 0 Å². The Bertz CT molecular complexity index is 697. The van der Waals surface area contributed by atoms with Crippen LogP contribution >= 0.6 is 0 Å². The third-order valence-electron chi connectivity index (χ3n) is 2.69. The summed E-state index contributed by atoms with van der Waals surface area (Å²) in [5, 5.41) is 6.23. The van der Waals surface area contributed by atoms with Gasteiger partial charge in [0.2, 0.25) is 0 Å². The minimum absolute atomic E-state index is 0.208. The molecule has 2 rings (SSSR count). The molecule has 6 nitrogen and oxygen atoms in total. The van der Waals surface area contributed by atoms with E-state index in [0.717, 1.165) is 0 Å². The summed E-state index contributed by atoms with van der Waals surface area (Å²) in [6.07, 6.45) is 0. The zero-order chi connectivity index (χ0) is 15.8. The van der Waals surface area contributed by atoms with E-state index >= 15 is 0 Å². The molecular weight excluding hydrogens is 284 g/mol. The smallest absolute Gasteiger partial charge is 0.274 e. The molecule has 0 atom stereocenters. The number of amides is 1. The minimum Gasteiger partial charge on any atom is -0.493 e. The second kappa shape index (κ2) is 7.74. The maximum absolute atomic E-state index is 11.6. The number of methoxy groups -OCH3 is 1. The number of nitrogens with zero attached hydrogens (tertiary/aromatic N) is 1. The van der Waals surface area contributed by atoms with E-state index in [4.69, 9.17) is 14.0 Å². The van der Waals surface area contributed by atoms with Gasteiger partial charge in [0.05, 0.1) is 13.7 Å². The van der Waals surface area contributed by atoms with Crippen molar-refractivity contribution in [3.63, 3.8) is 0 Å². The van der Waals surface area contributed by atoms with Crippen LogP contribution in [0.5, 0.6) is 11.5 Å². The molecule has 2 aromatic rings. The molecule has 6 heteroatoms. The first-order chi connectivity index (χ1) is 10.7. The van der Waals surface area contributed by atoms with Crippen molar-refractivity contribution >= 4 is 5.91 Å². The molecule has 1 amide bonds. The predicted octanol–water partition coefficient (Wildman–Crippen LogP) is 1.80. The lowest BCUT2D eigenvalue weighted by molar-refractivity contribution is 0.0949. The highest BCUT2D eigenvalue weighted by Crippen LogP contribution is 2.25. The third kappa shape index (κ3) is 4.28. The minimum atomic E-state index is -0.322. The number of carbonyl (C=O) groups is 1. The van der Waals surface area contributed by atoms with Crippen molar-refractivity contribution in [1.82, 2.24) is 10.5 Å². The molecule has 1 heterocycles. The van der Waals surface area contributed by atoms with Crippen LogP contribution in [0.4, 0.5) is 0 Å². The first-order valence-corrected chi connectivity index (χ1v) is 6.63. The number of aryl methyl sites for hydroxylation is 1. The Hall–Kier alpha value is -2.94. The summed E-state index contributed by atoms with van der Waals surface area (Å²) in [4.78, 5) is 11.6. The average Bonchev–Trinajstić information content (AvgIpc) is 2.97. The Morgan fingerprint density at radius 1 is 1.32 bits per heavy atom. The summed E-state index contributed by atoms with van der Waals surface area (Å²) in [5.74, 6) is 7.15. The van der Waals surface area contributed by atoms with Crippen LogP contribution in [0.2, 0.25) is 0 Å². The van der Waals surface area contributed by atoms with E-state index in [2.05, 4.69) is 22.3 Å². The normalized spacial score (nSPS) is 9.55. The monoisotopic (exact) mass is 300 g/mol. The van der Waals surface area contributed by atoms with Crippen LogP contribution in [0.1, 0.15) is 16.2 Å². The summed E-state index contributed by atoms with van der Waals surface area (Å²) >= 11 is 0. The maximum atomic E-state index is 11.6. The van der Waals surface area contributed by atoms with E-state index in [1.807, 2.05) is 18.2 Å². The lowest BCUT2D eigenvalue weighted by atomic mass is 10.3. The molecule has 0 unspecified atom stereocenters. The van der Waals surface area contributed by atoms with Crippen LogP contribution in [0, 0.1) is 18.8 Å². The Kier molecular flexibility index (Phi) is 5.44. The molecular formula is C16H16N2O4. The fraction of sp³-hybridized carbons (Fsp3) is 0.250. The fourth-order valence-electron chi connectivity index (χ4n) is 1.65. The lowest BCUT2D eigenvalue weighted by Gasteiger charge is -2.07. The number of nitrogens with one attached hydrogen (secondary N) is 1. The number of hydrogen-bond acceptors (Lipinski definition) is 5. The zero-order valence-electron chi connectivity index (χ0n) is 12.4. The topological polar surface area (TPSA) is 73.6 Å². The largest absolute Gasteiger partial charge is 0.493 e. The van der Waals surface area contributed by atoms with Gasteiger partial charge >= 0.3 is 0 Å². The molecule has 0 aliphatic rings. The molecule has 0 aliphatic heterocycles. The second-order valence-corrected chi connectivity index (χ2v) is 4.30. The molecule has 1 aromatic heterocycles. The van der Waals surface area contributed by atoms with Crippen molar-refractivity contribution in [1.29, 1.82) is 0 Å². The molecule has 22 heavy (non-hydrogen) atoms. The van der Waals surface area contributed by atoms with Crippen LogP contribution in [0.15, 0.2) is 34.9 Å². The highest BCUT2D eigenvalue weighted by atomic mass is 16.5. The van der Waals surface area contributed by atoms with Gasteiger partial charge in [-0.15, -0.1) is 0 Å². The zero-order valence-corrected chi connectivity index (χ0v) is 12.4. The van der Waals surface area contributed by atoms with Gasteiger partial charge in [-0.1, -0.05) is 29.1 Å². The van der Waals surface area contributed by atoms with Crippen molar-refractivity contribution in [3.8, 4) is 23.3 Å². The van der Waals surface area contributed by atoms with E-state index in [1.165, 1.54) is 0 Å². The summed E-state index contributed by atoms with van der Waals surface area (Å²) in [7, 11) is 1.58. The van der Waals surface area contributed by atoms with Crippen molar-refractivity contribution in [2.45, 2.75) is 6.92 Å². The van der Waals surface area contributed by atoms with Gasteiger partial charge in [0.1, 0.15) is 12.4 Å². The highest BCUT2D eigenvalue weighted by molar-refractivity contribution is 5.92. The summed E-state index contributed by atoms with van der Waals surface area (Å²) < 4.78 is 15.5. The average molecular weight is 300 g/mol. The Morgan fingerprint density at radius 2 is 2.09 bits per heavy atom. The maximum Gasteiger partial charge on any atom is 0.274 e. The molecule has 0 fully saturated rings. The van der Waals surface area contributed by atoms with Gasteiger partial charge in [0, 0.05) is 6.07 Å². The van der Waals surface area contributed by atoms with E-state index in [-0.39, 0.29) is 24.8 Å².